The molecule has 3 aliphatic rings. The maximum atomic E-state index is 3.76. The summed E-state index contributed by atoms with van der Waals surface area (Å²) in [4.78, 5) is 2.80. The first kappa shape index (κ1) is 11.0. The second kappa shape index (κ2) is 5.05. The monoisotopic (exact) mass is 222 g/mol. The molecule has 2 nitrogen and oxygen atoms in total. The summed E-state index contributed by atoms with van der Waals surface area (Å²) in [5, 5.41) is 3.76. The van der Waals surface area contributed by atoms with E-state index in [4.69, 9.17) is 0 Å². The lowest BCUT2D eigenvalue weighted by molar-refractivity contribution is 0.0570. The van der Waals surface area contributed by atoms with Gasteiger partial charge in [-0.1, -0.05) is 12.8 Å². The Labute approximate surface area is 99.8 Å². The van der Waals surface area contributed by atoms with Gasteiger partial charge in [0.25, 0.3) is 0 Å². The van der Waals surface area contributed by atoms with Crippen molar-refractivity contribution in [2.24, 2.45) is 5.92 Å². The average molecular weight is 222 g/mol. The van der Waals surface area contributed by atoms with Gasteiger partial charge in [0.2, 0.25) is 0 Å². The zero-order valence-electron chi connectivity index (χ0n) is 10.5. The molecule has 0 aliphatic carbocycles. The molecule has 3 heterocycles. The highest BCUT2D eigenvalue weighted by molar-refractivity contribution is 4.90. The van der Waals surface area contributed by atoms with Crippen LogP contribution in [0.3, 0.4) is 0 Å². The number of piperidine rings is 3. The Hall–Kier alpha value is -0.0800. The predicted octanol–water partition coefficient (Wildman–Crippen LogP) is 2.39. The molecule has 0 aromatic rings. The molecule has 0 bridgehead atoms. The minimum Gasteiger partial charge on any atom is -0.314 e. The highest BCUT2D eigenvalue weighted by Gasteiger charge is 2.33. The molecule has 0 spiro atoms. The number of nitrogens with one attached hydrogen (secondary N) is 1. The van der Waals surface area contributed by atoms with Crippen molar-refractivity contribution in [3.05, 3.63) is 0 Å². The van der Waals surface area contributed by atoms with Crippen LogP contribution >= 0.6 is 0 Å². The molecule has 3 atom stereocenters. The molecule has 3 aliphatic heterocycles. The van der Waals surface area contributed by atoms with Crippen molar-refractivity contribution in [3.63, 3.8) is 0 Å². The van der Waals surface area contributed by atoms with Crippen molar-refractivity contribution >= 4 is 0 Å². The third-order valence-electron chi connectivity index (χ3n) is 5.01. The highest BCUT2D eigenvalue weighted by atomic mass is 15.2. The fourth-order valence-electron chi connectivity index (χ4n) is 4.04. The van der Waals surface area contributed by atoms with Crippen LogP contribution in [0.5, 0.6) is 0 Å². The van der Waals surface area contributed by atoms with Crippen LogP contribution in [0.1, 0.15) is 51.4 Å². The molecular formula is C14H26N2. The number of hydrogen-bond acceptors (Lipinski definition) is 2. The Morgan fingerprint density at radius 3 is 2.69 bits per heavy atom. The van der Waals surface area contributed by atoms with Crippen LogP contribution < -0.4 is 5.32 Å². The van der Waals surface area contributed by atoms with Gasteiger partial charge in [-0.05, 0) is 57.5 Å². The molecule has 0 amide bonds. The normalized spacial score (nSPS) is 41.6. The van der Waals surface area contributed by atoms with Gasteiger partial charge >= 0.3 is 0 Å². The van der Waals surface area contributed by atoms with Gasteiger partial charge in [0, 0.05) is 18.6 Å². The van der Waals surface area contributed by atoms with E-state index in [2.05, 4.69) is 10.2 Å². The Bertz CT molecular complexity index is 220. The van der Waals surface area contributed by atoms with Gasteiger partial charge in [-0.15, -0.1) is 0 Å². The first-order valence-corrected chi connectivity index (χ1v) is 7.41. The molecular weight excluding hydrogens is 196 g/mol. The lowest BCUT2D eigenvalue weighted by atomic mass is 9.81. The Balaban J connectivity index is 1.57. The van der Waals surface area contributed by atoms with E-state index in [0.717, 1.165) is 18.0 Å². The number of fused-ring (bicyclic) bond motifs is 1. The van der Waals surface area contributed by atoms with E-state index >= 15 is 0 Å². The first-order chi connectivity index (χ1) is 7.93. The summed E-state index contributed by atoms with van der Waals surface area (Å²) in [6, 6.07) is 1.80. The van der Waals surface area contributed by atoms with Crippen LogP contribution in [-0.2, 0) is 0 Å². The van der Waals surface area contributed by atoms with Crippen molar-refractivity contribution in [1.29, 1.82) is 0 Å². The summed E-state index contributed by atoms with van der Waals surface area (Å²) in [5.41, 5.74) is 0. The third-order valence-corrected chi connectivity index (χ3v) is 5.01. The number of rotatable bonds is 1. The summed E-state index contributed by atoms with van der Waals surface area (Å²) in [6.45, 7) is 4.04. The standard InChI is InChI=1S/C14H26N2/c1-3-9-15-14(6-1)12-7-8-13-5-2-4-10-16(13)11-12/h12-15H,1-11H2/t12-,13?,14-/m1/s1. The largest absolute Gasteiger partial charge is 0.314 e. The number of nitrogens with zero attached hydrogens (tertiary/aromatic N) is 1. The van der Waals surface area contributed by atoms with Gasteiger partial charge in [-0.25, -0.2) is 0 Å². The average Bonchev–Trinajstić information content (AvgIpc) is 2.39. The summed E-state index contributed by atoms with van der Waals surface area (Å²) in [7, 11) is 0. The summed E-state index contributed by atoms with van der Waals surface area (Å²) >= 11 is 0. The molecule has 3 fully saturated rings. The lowest BCUT2D eigenvalue weighted by Crippen LogP contribution is -2.52. The molecule has 0 radical (unpaired) electrons. The van der Waals surface area contributed by atoms with Gasteiger partial charge in [0.05, 0.1) is 0 Å². The third kappa shape index (κ3) is 2.28. The van der Waals surface area contributed by atoms with Gasteiger partial charge < -0.3 is 10.2 Å². The van der Waals surface area contributed by atoms with Crippen molar-refractivity contribution in [3.8, 4) is 0 Å². The van der Waals surface area contributed by atoms with E-state index in [1.807, 2.05) is 0 Å². The van der Waals surface area contributed by atoms with Gasteiger partial charge in [-0.2, -0.15) is 0 Å². The molecule has 0 aromatic heterocycles. The maximum absolute atomic E-state index is 3.76. The molecule has 1 N–H and O–H groups in total. The maximum Gasteiger partial charge on any atom is 0.0108 e. The van der Waals surface area contributed by atoms with E-state index in [0.29, 0.717) is 0 Å². The van der Waals surface area contributed by atoms with Crippen molar-refractivity contribution < 1.29 is 0 Å². The highest BCUT2D eigenvalue weighted by Crippen LogP contribution is 2.32. The van der Waals surface area contributed by atoms with E-state index in [1.54, 1.807) is 0 Å². The molecule has 1 unspecified atom stereocenters. The Morgan fingerprint density at radius 1 is 0.875 bits per heavy atom. The Morgan fingerprint density at radius 2 is 1.81 bits per heavy atom. The van der Waals surface area contributed by atoms with E-state index in [9.17, 15) is 0 Å². The molecule has 16 heavy (non-hydrogen) atoms. The molecule has 92 valence electrons. The van der Waals surface area contributed by atoms with Crippen molar-refractivity contribution in [2.75, 3.05) is 19.6 Å². The van der Waals surface area contributed by atoms with Gasteiger partial charge in [0.1, 0.15) is 0 Å². The minimum absolute atomic E-state index is 0.844. The zero-order valence-corrected chi connectivity index (χ0v) is 10.5. The van der Waals surface area contributed by atoms with Crippen LogP contribution in [0.2, 0.25) is 0 Å². The van der Waals surface area contributed by atoms with E-state index < -0.39 is 0 Å². The van der Waals surface area contributed by atoms with Crippen molar-refractivity contribution in [1.82, 2.24) is 10.2 Å². The van der Waals surface area contributed by atoms with E-state index in [1.165, 1.54) is 71.0 Å². The number of hydrogen-bond donors (Lipinski definition) is 1. The molecule has 0 saturated carbocycles. The Kier molecular flexibility index (Phi) is 3.49. The van der Waals surface area contributed by atoms with Crippen LogP contribution in [0.15, 0.2) is 0 Å². The van der Waals surface area contributed by atoms with E-state index in [-0.39, 0.29) is 0 Å². The summed E-state index contributed by atoms with van der Waals surface area (Å²) < 4.78 is 0. The molecule has 3 saturated heterocycles. The summed E-state index contributed by atoms with van der Waals surface area (Å²) in [5.74, 6) is 0.953. The quantitative estimate of drug-likeness (QED) is 0.733. The van der Waals surface area contributed by atoms with Crippen LogP contribution in [0.25, 0.3) is 0 Å². The topological polar surface area (TPSA) is 15.3 Å². The second-order valence-electron chi connectivity index (χ2n) is 6.04. The van der Waals surface area contributed by atoms with Crippen LogP contribution in [0, 0.1) is 5.92 Å². The molecule has 3 rings (SSSR count). The van der Waals surface area contributed by atoms with Crippen LogP contribution in [-0.4, -0.2) is 36.6 Å². The zero-order chi connectivity index (χ0) is 10.8. The smallest absolute Gasteiger partial charge is 0.0108 e. The fourth-order valence-corrected chi connectivity index (χ4v) is 4.04. The molecule has 2 heteroatoms. The minimum atomic E-state index is 0.844. The molecule has 0 aromatic carbocycles. The second-order valence-corrected chi connectivity index (χ2v) is 6.04. The summed E-state index contributed by atoms with van der Waals surface area (Å²) in [6.07, 6.45) is 11.7. The van der Waals surface area contributed by atoms with Crippen LogP contribution in [0.4, 0.5) is 0 Å². The van der Waals surface area contributed by atoms with Gasteiger partial charge in [0.15, 0.2) is 0 Å². The first-order valence-electron chi connectivity index (χ1n) is 7.41. The predicted molar refractivity (Wildman–Crippen MR) is 67.6 cm³/mol. The fraction of sp³-hybridized carbons (Fsp3) is 1.00. The lowest BCUT2D eigenvalue weighted by Gasteiger charge is -2.45. The van der Waals surface area contributed by atoms with Crippen molar-refractivity contribution in [2.45, 2.75) is 63.5 Å². The van der Waals surface area contributed by atoms with Gasteiger partial charge in [-0.3, -0.25) is 0 Å². The SMILES string of the molecule is C1CC[C@H]([C@@H]2CCC3CCCCN3C2)NC1.